The number of phenolic OH excluding ortho intramolecular Hbond substituents is 1. The number of pyridine rings is 1. The second-order valence-electron chi connectivity index (χ2n) is 4.98. The summed E-state index contributed by atoms with van der Waals surface area (Å²) in [5.74, 6) is 3.90. The minimum Gasteiger partial charge on any atom is -0.507 e. The van der Waals surface area contributed by atoms with Crippen LogP contribution >= 0.6 is 0 Å². The van der Waals surface area contributed by atoms with Crippen LogP contribution in [0.3, 0.4) is 0 Å². The van der Waals surface area contributed by atoms with Crippen LogP contribution < -0.4 is 11.3 Å². The van der Waals surface area contributed by atoms with Crippen molar-refractivity contribution < 1.29 is 19.5 Å². The van der Waals surface area contributed by atoms with Crippen molar-refractivity contribution in [1.82, 2.24) is 10.4 Å². The molecule has 2 aromatic rings. The van der Waals surface area contributed by atoms with Gasteiger partial charge in [-0.15, -0.1) is 0 Å². The Kier molecular flexibility index (Phi) is 5.18. The fourth-order valence-electron chi connectivity index (χ4n) is 2.13. The number of aromatic hydroxyl groups is 1. The Bertz CT molecular complexity index is 829. The average Bonchev–Trinajstić information content (AvgIpc) is 2.58. The quantitative estimate of drug-likeness (QED) is 0.413. The van der Waals surface area contributed by atoms with Crippen molar-refractivity contribution >= 4 is 17.5 Å². The number of hydrogen-bond donors (Lipinski definition) is 3. The third-order valence-electron chi connectivity index (χ3n) is 3.23. The molecule has 1 aromatic heterocycles. The van der Waals surface area contributed by atoms with Gasteiger partial charge in [-0.05, 0) is 48.9 Å². The van der Waals surface area contributed by atoms with Crippen LogP contribution in [0, 0.1) is 6.92 Å². The second-order valence-corrected chi connectivity index (χ2v) is 4.98. The zero-order valence-corrected chi connectivity index (χ0v) is 12.8. The normalized spacial score (nSPS) is 12.1. The van der Waals surface area contributed by atoms with Gasteiger partial charge in [-0.1, -0.05) is 0 Å². The van der Waals surface area contributed by atoms with Crippen molar-refractivity contribution in [3.05, 3.63) is 71.1 Å². The first kappa shape index (κ1) is 17.0. The highest BCUT2D eigenvalue weighted by atomic mass is 16.3. The monoisotopic (exact) mass is 325 g/mol. The van der Waals surface area contributed by atoms with E-state index >= 15 is 0 Å². The lowest BCUT2D eigenvalue weighted by Gasteiger charge is -2.11. The van der Waals surface area contributed by atoms with Crippen molar-refractivity contribution in [3.63, 3.8) is 0 Å². The highest BCUT2D eigenvalue weighted by molar-refractivity contribution is 6.23. The third-order valence-corrected chi connectivity index (χ3v) is 3.23. The first-order chi connectivity index (χ1) is 11.4. The van der Waals surface area contributed by atoms with Gasteiger partial charge in [0.2, 0.25) is 0 Å². The van der Waals surface area contributed by atoms with Gasteiger partial charge in [0.1, 0.15) is 5.75 Å². The van der Waals surface area contributed by atoms with E-state index in [1.165, 1.54) is 30.6 Å². The Morgan fingerprint density at radius 3 is 2.38 bits per heavy atom. The molecule has 1 aliphatic carbocycles. The van der Waals surface area contributed by atoms with Gasteiger partial charge in [0, 0.05) is 23.5 Å². The molecule has 0 unspecified atom stereocenters. The Balaban J connectivity index is 0.000000185. The molecule has 3 rings (SSSR count). The Morgan fingerprint density at radius 1 is 1.12 bits per heavy atom. The number of nitrogens with two attached hydrogens (primary N) is 1. The van der Waals surface area contributed by atoms with E-state index < -0.39 is 0 Å². The van der Waals surface area contributed by atoms with Gasteiger partial charge in [-0.25, -0.2) is 5.84 Å². The molecule has 122 valence electrons. The molecule has 0 atom stereocenters. The average molecular weight is 325 g/mol. The Hall–Kier alpha value is -3.32. The van der Waals surface area contributed by atoms with Crippen LogP contribution in [-0.4, -0.2) is 27.6 Å². The van der Waals surface area contributed by atoms with E-state index in [9.17, 15) is 19.5 Å². The highest BCUT2D eigenvalue weighted by Crippen LogP contribution is 2.27. The van der Waals surface area contributed by atoms with Crippen LogP contribution in [0.2, 0.25) is 0 Å². The van der Waals surface area contributed by atoms with Crippen LogP contribution in [0.1, 0.15) is 36.6 Å². The number of phenols is 1. The van der Waals surface area contributed by atoms with Gasteiger partial charge in [0.15, 0.2) is 11.6 Å². The van der Waals surface area contributed by atoms with Crippen molar-refractivity contribution in [2.45, 2.75) is 6.92 Å². The molecule has 0 saturated heterocycles. The minimum absolute atomic E-state index is 0.114. The first-order valence-electron chi connectivity index (χ1n) is 6.95. The van der Waals surface area contributed by atoms with E-state index in [1.807, 2.05) is 5.43 Å². The fraction of sp³-hybridized carbons (Fsp3) is 0.0588. The zero-order valence-electron chi connectivity index (χ0n) is 12.8. The SMILES string of the molecule is Cc1cc(O)c2c(c1)C(=O)C=CC2=O.NNC(=O)c1ccncc1. The molecule has 1 aromatic carbocycles. The zero-order chi connectivity index (χ0) is 17.7. The van der Waals surface area contributed by atoms with E-state index in [0.717, 1.165) is 5.56 Å². The van der Waals surface area contributed by atoms with Gasteiger partial charge in [-0.2, -0.15) is 0 Å². The number of hydrazine groups is 1. The topological polar surface area (TPSA) is 122 Å². The molecule has 7 heteroatoms. The molecule has 0 radical (unpaired) electrons. The number of benzene rings is 1. The summed E-state index contributed by atoms with van der Waals surface area (Å²) in [6, 6.07) is 6.26. The van der Waals surface area contributed by atoms with Crippen LogP contribution in [0.15, 0.2) is 48.8 Å². The number of nitrogens with zero attached hydrogens (tertiary/aromatic N) is 1. The lowest BCUT2D eigenvalue weighted by molar-refractivity contribution is 0.0952. The highest BCUT2D eigenvalue weighted by Gasteiger charge is 2.22. The number of ketones is 2. The number of carbonyl (C=O) groups excluding carboxylic acids is 3. The molecule has 0 spiro atoms. The molecule has 4 N–H and O–H groups in total. The predicted octanol–water partition coefficient (Wildman–Crippen LogP) is 1.32. The summed E-state index contributed by atoms with van der Waals surface area (Å²) >= 11 is 0. The molecule has 7 nitrogen and oxygen atoms in total. The molecule has 0 saturated carbocycles. The molecular weight excluding hydrogens is 310 g/mol. The van der Waals surface area contributed by atoms with E-state index in [-0.39, 0.29) is 34.4 Å². The number of hydrogen-bond acceptors (Lipinski definition) is 6. The van der Waals surface area contributed by atoms with Gasteiger partial charge < -0.3 is 5.11 Å². The number of nitrogen functional groups attached to an aromatic ring is 1. The molecule has 0 bridgehead atoms. The minimum atomic E-state index is -0.322. The van der Waals surface area contributed by atoms with Crippen molar-refractivity contribution in [2.75, 3.05) is 0 Å². The lowest BCUT2D eigenvalue weighted by atomic mass is 9.92. The van der Waals surface area contributed by atoms with Crippen LogP contribution in [-0.2, 0) is 0 Å². The molecule has 24 heavy (non-hydrogen) atoms. The Morgan fingerprint density at radius 2 is 1.75 bits per heavy atom. The molecule has 1 aliphatic rings. The van der Waals surface area contributed by atoms with Gasteiger partial charge in [-0.3, -0.25) is 24.8 Å². The lowest BCUT2D eigenvalue weighted by Crippen LogP contribution is -2.29. The number of amides is 1. The van der Waals surface area contributed by atoms with Crippen LogP contribution in [0.25, 0.3) is 0 Å². The fourth-order valence-corrected chi connectivity index (χ4v) is 2.13. The number of aryl methyl sites for hydroxylation is 1. The second kappa shape index (κ2) is 7.30. The summed E-state index contributed by atoms with van der Waals surface area (Å²) in [6.45, 7) is 1.76. The third kappa shape index (κ3) is 3.71. The molecule has 0 fully saturated rings. The van der Waals surface area contributed by atoms with E-state index in [2.05, 4.69) is 4.98 Å². The molecular formula is C17H15N3O4. The summed E-state index contributed by atoms with van der Waals surface area (Å²) < 4.78 is 0. The molecule has 1 heterocycles. The maximum Gasteiger partial charge on any atom is 0.265 e. The summed E-state index contributed by atoms with van der Waals surface area (Å²) in [7, 11) is 0. The standard InChI is InChI=1S/C11H8O3.C6H7N3O/c1-6-4-7-8(12)2-3-9(13)11(7)10(14)5-6;7-9-6(10)5-1-3-8-4-2-5/h2-5,14H,1H3;1-4H,7H2,(H,9,10). The Labute approximate surface area is 137 Å². The largest absolute Gasteiger partial charge is 0.507 e. The molecule has 0 aliphatic heterocycles. The maximum absolute atomic E-state index is 11.4. The van der Waals surface area contributed by atoms with E-state index in [0.29, 0.717) is 5.56 Å². The van der Waals surface area contributed by atoms with Gasteiger partial charge in [0.25, 0.3) is 5.91 Å². The van der Waals surface area contributed by atoms with E-state index in [4.69, 9.17) is 5.84 Å². The smallest absolute Gasteiger partial charge is 0.265 e. The summed E-state index contributed by atoms with van der Waals surface area (Å²) in [4.78, 5) is 37.2. The van der Waals surface area contributed by atoms with Crippen LogP contribution in [0.5, 0.6) is 5.75 Å². The number of allylic oxidation sites excluding steroid dienone is 2. The van der Waals surface area contributed by atoms with Gasteiger partial charge >= 0.3 is 0 Å². The number of fused-ring (bicyclic) bond motifs is 1. The number of carbonyl (C=O) groups is 3. The number of aromatic nitrogens is 1. The van der Waals surface area contributed by atoms with Crippen molar-refractivity contribution in [3.8, 4) is 5.75 Å². The molecule has 1 amide bonds. The van der Waals surface area contributed by atoms with E-state index in [1.54, 1.807) is 25.1 Å². The summed E-state index contributed by atoms with van der Waals surface area (Å²) in [5, 5.41) is 9.52. The summed E-state index contributed by atoms with van der Waals surface area (Å²) in [5.41, 5.74) is 3.69. The van der Waals surface area contributed by atoms with Gasteiger partial charge in [0.05, 0.1) is 5.56 Å². The van der Waals surface area contributed by atoms with Crippen LogP contribution in [0.4, 0.5) is 0 Å². The maximum atomic E-state index is 11.4. The first-order valence-corrected chi connectivity index (χ1v) is 6.95. The van der Waals surface area contributed by atoms with Crippen molar-refractivity contribution in [2.24, 2.45) is 5.84 Å². The van der Waals surface area contributed by atoms with Crippen molar-refractivity contribution in [1.29, 1.82) is 0 Å². The predicted molar refractivity (Wildman–Crippen MR) is 86.5 cm³/mol. The number of rotatable bonds is 1. The summed E-state index contributed by atoms with van der Waals surface area (Å²) in [6.07, 6.45) is 5.47. The number of nitrogens with one attached hydrogen (secondary N) is 1.